The normalized spacial score (nSPS) is 13.0. The van der Waals surface area contributed by atoms with E-state index in [-0.39, 0.29) is 11.5 Å². The molecule has 0 fully saturated rings. The van der Waals surface area contributed by atoms with Crippen molar-refractivity contribution in [2.45, 2.75) is 46.1 Å². The smallest absolute Gasteiger partial charge is 0.106 e. The fraction of sp³-hybridized carbons (Fsp3) is 0.389. The van der Waals surface area contributed by atoms with Gasteiger partial charge < -0.3 is 5.32 Å². The van der Waals surface area contributed by atoms with Crippen molar-refractivity contribution in [2.75, 3.05) is 5.32 Å². The number of nitrogens with one attached hydrogen (secondary N) is 1. The van der Waals surface area contributed by atoms with Crippen molar-refractivity contribution in [2.24, 2.45) is 0 Å². The number of hydrogen-bond donors (Lipinski definition) is 1. The lowest BCUT2D eigenvalue weighted by molar-refractivity contribution is 0.589. The van der Waals surface area contributed by atoms with Gasteiger partial charge in [0.2, 0.25) is 0 Å². The molecule has 2 rings (SSSR count). The van der Waals surface area contributed by atoms with E-state index in [4.69, 9.17) is 0 Å². The summed E-state index contributed by atoms with van der Waals surface area (Å²) < 4.78 is 0.868. The van der Waals surface area contributed by atoms with Gasteiger partial charge >= 0.3 is 0 Å². The summed E-state index contributed by atoms with van der Waals surface area (Å²) in [5.41, 5.74) is 4.92. The molecule has 0 aliphatic rings. The number of anilines is 1. The third kappa shape index (κ3) is 4.07. The summed E-state index contributed by atoms with van der Waals surface area (Å²) in [5, 5.41) is 3.53. The number of aryl methyl sites for hydroxylation is 1. The Labute approximate surface area is 136 Å². The number of nitrogens with zero attached hydrogens (tertiary/aromatic N) is 1. The average molecular weight is 347 g/mol. The van der Waals surface area contributed by atoms with Crippen molar-refractivity contribution in [1.82, 2.24) is 4.98 Å². The van der Waals surface area contributed by atoms with E-state index in [0.717, 1.165) is 16.0 Å². The molecule has 0 saturated heterocycles. The largest absolute Gasteiger partial charge is 0.377 e. The Morgan fingerprint density at radius 1 is 1.05 bits per heavy atom. The van der Waals surface area contributed by atoms with Gasteiger partial charge in [0.25, 0.3) is 0 Å². The van der Waals surface area contributed by atoms with Crippen LogP contribution in [0.25, 0.3) is 0 Å². The molecule has 0 radical (unpaired) electrons. The van der Waals surface area contributed by atoms with E-state index in [1.54, 1.807) is 0 Å². The van der Waals surface area contributed by atoms with Crippen LogP contribution in [0, 0.1) is 6.92 Å². The maximum atomic E-state index is 4.42. The van der Waals surface area contributed by atoms with Crippen molar-refractivity contribution in [3.8, 4) is 0 Å². The topological polar surface area (TPSA) is 24.9 Å². The lowest BCUT2D eigenvalue weighted by Gasteiger charge is -2.21. The van der Waals surface area contributed by atoms with Gasteiger partial charge in [-0.15, -0.1) is 0 Å². The van der Waals surface area contributed by atoms with Crippen molar-refractivity contribution >= 4 is 21.6 Å². The number of benzene rings is 1. The molecule has 0 amide bonds. The van der Waals surface area contributed by atoms with Crippen LogP contribution in [0.2, 0.25) is 0 Å². The number of aromatic nitrogens is 1. The Hall–Kier alpha value is -1.35. The quantitative estimate of drug-likeness (QED) is 0.729. The van der Waals surface area contributed by atoms with Crippen molar-refractivity contribution in [3.63, 3.8) is 0 Å². The highest BCUT2D eigenvalue weighted by Crippen LogP contribution is 2.26. The van der Waals surface area contributed by atoms with Crippen molar-refractivity contribution in [3.05, 3.63) is 57.8 Å². The van der Waals surface area contributed by atoms with Gasteiger partial charge in [-0.1, -0.05) is 45.0 Å². The zero-order chi connectivity index (χ0) is 15.6. The maximum Gasteiger partial charge on any atom is 0.106 e. The summed E-state index contributed by atoms with van der Waals surface area (Å²) in [6.45, 7) is 10.9. The maximum absolute atomic E-state index is 4.42. The molecule has 0 saturated carbocycles. The Kier molecular flexibility index (Phi) is 4.72. The Balaban J connectivity index is 2.15. The van der Waals surface area contributed by atoms with Gasteiger partial charge in [0.05, 0.1) is 11.4 Å². The van der Waals surface area contributed by atoms with Crippen LogP contribution in [0.15, 0.2) is 41.0 Å². The monoisotopic (exact) mass is 346 g/mol. The molecule has 0 aliphatic heterocycles. The molecule has 1 aromatic carbocycles. The summed E-state index contributed by atoms with van der Waals surface area (Å²) in [6, 6.07) is 13.1. The third-order valence-corrected chi connectivity index (χ3v) is 4.14. The lowest BCUT2D eigenvalue weighted by Crippen LogP contribution is -2.12. The molecule has 0 bridgehead atoms. The number of pyridine rings is 1. The number of rotatable bonds is 3. The van der Waals surface area contributed by atoms with Gasteiger partial charge in [-0.05, 0) is 58.5 Å². The van der Waals surface area contributed by atoms with Crippen LogP contribution in [-0.4, -0.2) is 4.98 Å². The first kappa shape index (κ1) is 16.0. The van der Waals surface area contributed by atoms with E-state index in [0.29, 0.717) is 0 Å². The Bertz CT molecular complexity index is 612. The molecule has 2 nitrogen and oxygen atoms in total. The molecule has 0 spiro atoms. The highest BCUT2D eigenvalue weighted by Gasteiger charge is 2.14. The first-order valence-corrected chi connectivity index (χ1v) is 8.07. The summed E-state index contributed by atoms with van der Waals surface area (Å²) in [6.07, 6.45) is 0. The van der Waals surface area contributed by atoms with E-state index in [1.807, 2.05) is 13.0 Å². The SMILES string of the molecule is Cc1nc(Br)ccc1NC(C)c1ccc(C(C)(C)C)cc1. The molecular weight excluding hydrogens is 324 g/mol. The predicted molar refractivity (Wildman–Crippen MR) is 93.9 cm³/mol. The summed E-state index contributed by atoms with van der Waals surface area (Å²) in [4.78, 5) is 4.42. The molecule has 1 atom stereocenters. The van der Waals surface area contributed by atoms with Gasteiger partial charge in [0.1, 0.15) is 4.60 Å². The molecule has 1 unspecified atom stereocenters. The molecule has 21 heavy (non-hydrogen) atoms. The van der Waals surface area contributed by atoms with E-state index in [1.165, 1.54) is 11.1 Å². The van der Waals surface area contributed by atoms with E-state index >= 15 is 0 Å². The third-order valence-electron chi connectivity index (χ3n) is 3.70. The van der Waals surface area contributed by atoms with Gasteiger partial charge in [0, 0.05) is 6.04 Å². The predicted octanol–water partition coefficient (Wildman–Crippen LogP) is 5.62. The highest BCUT2D eigenvalue weighted by molar-refractivity contribution is 9.10. The zero-order valence-corrected chi connectivity index (χ0v) is 15.0. The lowest BCUT2D eigenvalue weighted by atomic mass is 9.86. The van der Waals surface area contributed by atoms with Crippen LogP contribution in [0.5, 0.6) is 0 Å². The van der Waals surface area contributed by atoms with Crippen LogP contribution >= 0.6 is 15.9 Å². The number of halogens is 1. The first-order chi connectivity index (χ1) is 9.77. The molecule has 112 valence electrons. The standard InChI is InChI=1S/C18H23BrN2/c1-12(20-16-10-11-17(19)21-13(16)2)14-6-8-15(9-7-14)18(3,4)5/h6-12,20H,1-5H3. The molecule has 2 aromatic rings. The zero-order valence-electron chi connectivity index (χ0n) is 13.4. The van der Waals surface area contributed by atoms with Gasteiger partial charge in [-0.2, -0.15) is 0 Å². The fourth-order valence-corrected chi connectivity index (χ4v) is 2.67. The van der Waals surface area contributed by atoms with E-state index in [2.05, 4.69) is 84.3 Å². The first-order valence-electron chi connectivity index (χ1n) is 7.27. The van der Waals surface area contributed by atoms with Crippen LogP contribution in [0.3, 0.4) is 0 Å². The molecule has 0 aliphatic carbocycles. The minimum absolute atomic E-state index is 0.196. The van der Waals surface area contributed by atoms with Crippen LogP contribution in [0.4, 0.5) is 5.69 Å². The van der Waals surface area contributed by atoms with E-state index < -0.39 is 0 Å². The van der Waals surface area contributed by atoms with Crippen molar-refractivity contribution in [1.29, 1.82) is 0 Å². The van der Waals surface area contributed by atoms with Crippen LogP contribution in [0.1, 0.15) is 50.6 Å². The summed E-state index contributed by atoms with van der Waals surface area (Å²) in [5.74, 6) is 0. The number of hydrogen-bond acceptors (Lipinski definition) is 2. The molecule has 1 N–H and O–H groups in total. The summed E-state index contributed by atoms with van der Waals surface area (Å²) >= 11 is 3.40. The van der Waals surface area contributed by atoms with Crippen LogP contribution < -0.4 is 5.32 Å². The molecule has 1 heterocycles. The van der Waals surface area contributed by atoms with Gasteiger partial charge in [0.15, 0.2) is 0 Å². The second-order valence-corrected chi connectivity index (χ2v) is 7.32. The van der Waals surface area contributed by atoms with E-state index in [9.17, 15) is 0 Å². The second-order valence-electron chi connectivity index (χ2n) is 6.50. The molecule has 1 aromatic heterocycles. The van der Waals surface area contributed by atoms with Crippen molar-refractivity contribution < 1.29 is 0 Å². The Morgan fingerprint density at radius 2 is 1.67 bits per heavy atom. The minimum Gasteiger partial charge on any atom is -0.377 e. The van der Waals surface area contributed by atoms with Crippen LogP contribution in [-0.2, 0) is 5.41 Å². The molecule has 3 heteroatoms. The molecular formula is C18H23BrN2. The van der Waals surface area contributed by atoms with Gasteiger partial charge in [-0.25, -0.2) is 4.98 Å². The fourth-order valence-electron chi connectivity index (χ4n) is 2.27. The average Bonchev–Trinajstić information content (AvgIpc) is 2.41. The Morgan fingerprint density at radius 3 is 2.19 bits per heavy atom. The minimum atomic E-state index is 0.196. The highest BCUT2D eigenvalue weighted by atomic mass is 79.9. The second kappa shape index (κ2) is 6.18. The van der Waals surface area contributed by atoms with Gasteiger partial charge in [-0.3, -0.25) is 0 Å². The summed E-state index contributed by atoms with van der Waals surface area (Å²) in [7, 11) is 0.